The highest BCUT2D eigenvalue weighted by molar-refractivity contribution is 5.77. The van der Waals surface area contributed by atoms with Crippen molar-refractivity contribution in [1.29, 1.82) is 0 Å². The van der Waals surface area contributed by atoms with Crippen molar-refractivity contribution in [2.75, 3.05) is 33.4 Å². The minimum Gasteiger partial charge on any atom is -0.481 e. The molecular weight excluding hydrogens is 260 g/mol. The molecule has 0 spiro atoms. The number of carbonyl (C=O) groups excluding carboxylic acids is 1. The first-order chi connectivity index (χ1) is 9.52. The van der Waals surface area contributed by atoms with E-state index in [1.54, 1.807) is 16.8 Å². The van der Waals surface area contributed by atoms with Crippen LogP contribution in [0.4, 0.5) is 4.79 Å². The van der Waals surface area contributed by atoms with Crippen LogP contribution in [0.1, 0.15) is 33.1 Å². The molecule has 2 amide bonds. The Morgan fingerprint density at radius 1 is 1.20 bits per heavy atom. The number of ether oxygens (including phenoxy) is 1. The minimum atomic E-state index is -0.891. The molecule has 1 aliphatic heterocycles. The van der Waals surface area contributed by atoms with Crippen molar-refractivity contribution in [3.05, 3.63) is 0 Å². The molecule has 0 aromatic carbocycles. The lowest BCUT2D eigenvalue weighted by molar-refractivity contribution is -0.142. The van der Waals surface area contributed by atoms with E-state index in [-0.39, 0.29) is 18.7 Å². The zero-order valence-corrected chi connectivity index (χ0v) is 12.7. The summed E-state index contributed by atoms with van der Waals surface area (Å²) in [6.07, 6.45) is 2.78. The first-order valence-corrected chi connectivity index (χ1v) is 7.35. The molecule has 1 rings (SSSR count). The van der Waals surface area contributed by atoms with E-state index in [9.17, 15) is 14.7 Å². The van der Waals surface area contributed by atoms with Gasteiger partial charge in [-0.1, -0.05) is 20.3 Å². The third-order valence-corrected chi connectivity index (χ3v) is 3.65. The second-order valence-electron chi connectivity index (χ2n) is 5.30. The van der Waals surface area contributed by atoms with Crippen LogP contribution in [0.2, 0.25) is 0 Å². The third-order valence-electron chi connectivity index (χ3n) is 3.65. The standard InChI is InChI=1S/C14H26N2O4/c1-4-6-8-15(3)14(19)16(7-5-2)12-10-20-9-11(12)13(17)18/h11-12H,4-10H2,1-3H3,(H,17,18). The smallest absolute Gasteiger partial charge is 0.320 e. The van der Waals surface area contributed by atoms with E-state index < -0.39 is 11.9 Å². The summed E-state index contributed by atoms with van der Waals surface area (Å²) in [7, 11) is 1.77. The van der Waals surface area contributed by atoms with Crippen molar-refractivity contribution < 1.29 is 19.4 Å². The molecule has 2 unspecified atom stereocenters. The Morgan fingerprint density at radius 2 is 1.90 bits per heavy atom. The number of hydrogen-bond acceptors (Lipinski definition) is 3. The lowest BCUT2D eigenvalue weighted by atomic mass is 10.0. The number of hydrogen-bond donors (Lipinski definition) is 1. The molecule has 0 saturated carbocycles. The van der Waals surface area contributed by atoms with Gasteiger partial charge in [-0.05, 0) is 12.8 Å². The van der Waals surface area contributed by atoms with Gasteiger partial charge in [-0.25, -0.2) is 4.79 Å². The molecule has 0 radical (unpaired) electrons. The lowest BCUT2D eigenvalue weighted by Crippen LogP contribution is -2.51. The van der Waals surface area contributed by atoms with Crippen molar-refractivity contribution in [2.24, 2.45) is 5.92 Å². The number of urea groups is 1. The summed E-state index contributed by atoms with van der Waals surface area (Å²) in [6, 6.07) is -0.453. The van der Waals surface area contributed by atoms with Gasteiger partial charge in [-0.15, -0.1) is 0 Å². The summed E-state index contributed by atoms with van der Waals surface area (Å²) >= 11 is 0. The average Bonchev–Trinajstić information content (AvgIpc) is 2.90. The van der Waals surface area contributed by atoms with Crippen LogP contribution in [-0.2, 0) is 9.53 Å². The lowest BCUT2D eigenvalue weighted by Gasteiger charge is -2.33. The molecule has 6 heteroatoms. The number of amides is 2. The molecule has 0 aliphatic carbocycles. The van der Waals surface area contributed by atoms with Crippen LogP contribution in [0.3, 0.4) is 0 Å². The maximum Gasteiger partial charge on any atom is 0.320 e. The summed E-state index contributed by atoms with van der Waals surface area (Å²) in [6.45, 7) is 5.82. The maximum absolute atomic E-state index is 12.5. The summed E-state index contributed by atoms with van der Waals surface area (Å²) in [5, 5.41) is 9.23. The average molecular weight is 286 g/mol. The van der Waals surface area contributed by atoms with Crippen molar-refractivity contribution in [2.45, 2.75) is 39.2 Å². The first kappa shape index (κ1) is 16.8. The fraction of sp³-hybridized carbons (Fsp3) is 0.857. The molecule has 1 N–H and O–H groups in total. The number of unbranched alkanes of at least 4 members (excludes halogenated alkanes) is 1. The molecule has 1 aliphatic rings. The Bertz CT molecular complexity index is 335. The van der Waals surface area contributed by atoms with Crippen molar-refractivity contribution >= 4 is 12.0 Å². The molecule has 0 aromatic rings. The minimum absolute atomic E-state index is 0.0953. The first-order valence-electron chi connectivity index (χ1n) is 7.35. The van der Waals surface area contributed by atoms with Gasteiger partial charge in [0.25, 0.3) is 0 Å². The van der Waals surface area contributed by atoms with Gasteiger partial charge in [0.2, 0.25) is 0 Å². The Hall–Kier alpha value is -1.30. The Labute approximate surface area is 120 Å². The van der Waals surface area contributed by atoms with Gasteiger partial charge < -0.3 is 19.6 Å². The molecular formula is C14H26N2O4. The van der Waals surface area contributed by atoms with Gasteiger partial charge in [-0.3, -0.25) is 4.79 Å². The molecule has 20 heavy (non-hydrogen) atoms. The maximum atomic E-state index is 12.5. The second-order valence-corrected chi connectivity index (χ2v) is 5.30. The molecule has 1 heterocycles. The number of carboxylic acids is 1. The number of rotatable bonds is 7. The van der Waals surface area contributed by atoms with Crippen LogP contribution in [0, 0.1) is 5.92 Å². The highest BCUT2D eigenvalue weighted by Gasteiger charge is 2.40. The quantitative estimate of drug-likeness (QED) is 0.772. The third kappa shape index (κ3) is 4.10. The fourth-order valence-corrected chi connectivity index (χ4v) is 2.44. The summed E-state index contributed by atoms with van der Waals surface area (Å²) in [4.78, 5) is 27.1. The van der Waals surface area contributed by atoms with Crippen LogP contribution in [0.25, 0.3) is 0 Å². The molecule has 0 aromatic heterocycles. The Balaban J connectivity index is 2.76. The normalized spacial score (nSPS) is 21.8. The summed E-state index contributed by atoms with van der Waals surface area (Å²) in [5.41, 5.74) is 0. The van der Waals surface area contributed by atoms with E-state index in [1.165, 1.54) is 0 Å². The van der Waals surface area contributed by atoms with Gasteiger partial charge >= 0.3 is 12.0 Å². The SMILES string of the molecule is CCCCN(C)C(=O)N(CCC)C1COCC1C(=O)O. The second kappa shape index (κ2) is 8.09. The molecule has 1 fully saturated rings. The van der Waals surface area contributed by atoms with Gasteiger partial charge in [0.1, 0.15) is 5.92 Å². The van der Waals surface area contributed by atoms with E-state index >= 15 is 0 Å². The zero-order chi connectivity index (χ0) is 15.1. The predicted molar refractivity (Wildman–Crippen MR) is 75.7 cm³/mol. The van der Waals surface area contributed by atoms with Gasteiger partial charge in [-0.2, -0.15) is 0 Å². The molecule has 6 nitrogen and oxygen atoms in total. The predicted octanol–water partition coefficient (Wildman–Crippen LogP) is 1.65. The number of carbonyl (C=O) groups is 2. The van der Waals surface area contributed by atoms with Crippen LogP contribution < -0.4 is 0 Å². The van der Waals surface area contributed by atoms with Crippen molar-refractivity contribution in [3.8, 4) is 0 Å². The number of aliphatic carboxylic acids is 1. The summed E-state index contributed by atoms with van der Waals surface area (Å²) < 4.78 is 5.28. The highest BCUT2D eigenvalue weighted by atomic mass is 16.5. The van der Waals surface area contributed by atoms with Crippen LogP contribution in [0.5, 0.6) is 0 Å². The Kier molecular flexibility index (Phi) is 6.78. The highest BCUT2D eigenvalue weighted by Crippen LogP contribution is 2.21. The Morgan fingerprint density at radius 3 is 2.45 bits per heavy atom. The monoisotopic (exact) mass is 286 g/mol. The van der Waals surface area contributed by atoms with E-state index in [0.29, 0.717) is 19.7 Å². The van der Waals surface area contributed by atoms with Gasteiger partial charge in [0, 0.05) is 20.1 Å². The van der Waals surface area contributed by atoms with Crippen molar-refractivity contribution in [3.63, 3.8) is 0 Å². The van der Waals surface area contributed by atoms with Crippen LogP contribution in [-0.4, -0.2) is 66.3 Å². The van der Waals surface area contributed by atoms with Crippen molar-refractivity contribution in [1.82, 2.24) is 9.80 Å². The number of nitrogens with zero attached hydrogens (tertiary/aromatic N) is 2. The zero-order valence-electron chi connectivity index (χ0n) is 12.7. The van der Waals surface area contributed by atoms with Gasteiger partial charge in [0.15, 0.2) is 0 Å². The van der Waals surface area contributed by atoms with E-state index in [4.69, 9.17) is 4.74 Å². The van der Waals surface area contributed by atoms with E-state index in [0.717, 1.165) is 19.3 Å². The van der Waals surface area contributed by atoms with Gasteiger partial charge in [0.05, 0.1) is 19.3 Å². The van der Waals surface area contributed by atoms with E-state index in [1.807, 2.05) is 6.92 Å². The fourth-order valence-electron chi connectivity index (χ4n) is 2.44. The summed E-state index contributed by atoms with van der Waals surface area (Å²) in [5.74, 6) is -1.51. The van der Waals surface area contributed by atoms with E-state index in [2.05, 4.69) is 6.92 Å². The van der Waals surface area contributed by atoms with Crippen LogP contribution in [0.15, 0.2) is 0 Å². The number of carboxylic acid groups (broad SMARTS) is 1. The molecule has 2 atom stereocenters. The molecule has 1 saturated heterocycles. The largest absolute Gasteiger partial charge is 0.481 e. The molecule has 116 valence electrons. The topological polar surface area (TPSA) is 70.1 Å². The molecule has 0 bridgehead atoms. The van der Waals surface area contributed by atoms with Crippen LogP contribution >= 0.6 is 0 Å².